The van der Waals surface area contributed by atoms with E-state index in [9.17, 15) is 8.42 Å². The second kappa shape index (κ2) is 6.16. The van der Waals surface area contributed by atoms with Crippen molar-refractivity contribution < 1.29 is 13.2 Å². The average Bonchev–Trinajstić information content (AvgIpc) is 2.85. The van der Waals surface area contributed by atoms with Crippen molar-refractivity contribution in [3.63, 3.8) is 0 Å². The predicted molar refractivity (Wildman–Crippen MR) is 95.2 cm³/mol. The molecule has 0 spiro atoms. The van der Waals surface area contributed by atoms with Gasteiger partial charge in [-0.15, -0.1) is 0 Å². The first-order valence-electron chi connectivity index (χ1n) is 8.18. The average molecular weight is 357 g/mol. The quantitative estimate of drug-likeness (QED) is 0.721. The number of sulfonamides is 1. The summed E-state index contributed by atoms with van der Waals surface area (Å²) in [6.07, 6.45) is 0.601. The van der Waals surface area contributed by atoms with Gasteiger partial charge in [0, 0.05) is 26.1 Å². The minimum absolute atomic E-state index is 0.290. The molecule has 4 rings (SSSR count). The normalized spacial score (nSPS) is 15.7. The number of ether oxygens (including phenoxy) is 1. The van der Waals surface area contributed by atoms with Crippen LogP contribution in [0.25, 0.3) is 11.0 Å². The van der Waals surface area contributed by atoms with Crippen LogP contribution in [-0.2, 0) is 23.0 Å². The third-order valence-corrected chi connectivity index (χ3v) is 6.50. The summed E-state index contributed by atoms with van der Waals surface area (Å²) in [5.41, 5.74) is 2.02. The Bertz CT molecular complexity index is 1010. The minimum Gasteiger partial charge on any atom is -0.497 e. The third-order valence-electron chi connectivity index (χ3n) is 4.59. The first-order valence-corrected chi connectivity index (χ1v) is 9.62. The standard InChI is InChI=1S/C18H19N3O3S/c1-24-14-6-8-15(9-7-14)25(22,23)20-11-10-18-19-16-4-2-3-5-17(16)21(18)13-12-20/h2-9H,10-13H2,1H3. The highest BCUT2D eigenvalue weighted by Gasteiger charge is 2.27. The van der Waals surface area contributed by atoms with Crippen molar-refractivity contribution in [3.05, 3.63) is 54.4 Å². The lowest BCUT2D eigenvalue weighted by Gasteiger charge is -2.20. The number of methoxy groups -OCH3 is 1. The fourth-order valence-electron chi connectivity index (χ4n) is 3.25. The second-order valence-corrected chi connectivity index (χ2v) is 7.94. The van der Waals surface area contributed by atoms with Gasteiger partial charge in [0.25, 0.3) is 0 Å². The van der Waals surface area contributed by atoms with Gasteiger partial charge in [0.1, 0.15) is 11.6 Å². The first-order chi connectivity index (χ1) is 12.1. The Morgan fingerprint density at radius 3 is 2.52 bits per heavy atom. The van der Waals surface area contributed by atoms with E-state index in [1.807, 2.05) is 24.3 Å². The molecule has 2 heterocycles. The highest BCUT2D eigenvalue weighted by molar-refractivity contribution is 7.89. The Labute approximate surface area is 146 Å². The number of aromatic nitrogens is 2. The van der Waals surface area contributed by atoms with Crippen molar-refractivity contribution in [1.29, 1.82) is 0 Å². The molecule has 0 aliphatic carbocycles. The highest BCUT2D eigenvalue weighted by atomic mass is 32.2. The van der Waals surface area contributed by atoms with Crippen LogP contribution in [0.3, 0.4) is 0 Å². The second-order valence-electron chi connectivity index (χ2n) is 6.00. The molecule has 3 aromatic rings. The number of imidazole rings is 1. The van der Waals surface area contributed by atoms with Crippen molar-refractivity contribution in [1.82, 2.24) is 13.9 Å². The zero-order chi connectivity index (χ0) is 17.4. The number of rotatable bonds is 3. The van der Waals surface area contributed by atoms with Crippen LogP contribution in [0.4, 0.5) is 0 Å². The molecular formula is C18H19N3O3S. The molecule has 0 N–H and O–H groups in total. The molecule has 130 valence electrons. The van der Waals surface area contributed by atoms with E-state index < -0.39 is 10.0 Å². The number of para-hydroxylation sites is 2. The summed E-state index contributed by atoms with van der Waals surface area (Å²) in [5, 5.41) is 0. The lowest BCUT2D eigenvalue weighted by Crippen LogP contribution is -2.33. The van der Waals surface area contributed by atoms with Gasteiger partial charge in [-0.2, -0.15) is 4.31 Å². The SMILES string of the molecule is COc1ccc(S(=O)(=O)N2CCc3nc4ccccc4n3CC2)cc1. The largest absolute Gasteiger partial charge is 0.497 e. The Balaban J connectivity index is 1.62. The van der Waals surface area contributed by atoms with Gasteiger partial charge in [-0.25, -0.2) is 13.4 Å². The van der Waals surface area contributed by atoms with Crippen molar-refractivity contribution in [3.8, 4) is 5.75 Å². The van der Waals surface area contributed by atoms with E-state index >= 15 is 0 Å². The first kappa shape index (κ1) is 16.1. The molecule has 25 heavy (non-hydrogen) atoms. The topological polar surface area (TPSA) is 64.4 Å². The third kappa shape index (κ3) is 2.79. The van der Waals surface area contributed by atoms with E-state index in [0.29, 0.717) is 31.8 Å². The Morgan fingerprint density at radius 2 is 1.76 bits per heavy atom. The van der Waals surface area contributed by atoms with Crippen LogP contribution in [0.2, 0.25) is 0 Å². The van der Waals surface area contributed by atoms with E-state index in [1.54, 1.807) is 31.4 Å². The van der Waals surface area contributed by atoms with Gasteiger partial charge in [-0.05, 0) is 36.4 Å². The molecule has 0 bridgehead atoms. The van der Waals surface area contributed by atoms with Gasteiger partial charge in [0.2, 0.25) is 10.0 Å². The van der Waals surface area contributed by atoms with Gasteiger partial charge < -0.3 is 9.30 Å². The van der Waals surface area contributed by atoms with Crippen LogP contribution in [-0.4, -0.2) is 42.5 Å². The molecular weight excluding hydrogens is 338 g/mol. The molecule has 0 saturated carbocycles. The summed E-state index contributed by atoms with van der Waals surface area (Å²) >= 11 is 0. The number of fused-ring (bicyclic) bond motifs is 3. The zero-order valence-corrected chi connectivity index (χ0v) is 14.7. The van der Waals surface area contributed by atoms with Gasteiger partial charge >= 0.3 is 0 Å². The van der Waals surface area contributed by atoms with Crippen molar-refractivity contribution in [2.75, 3.05) is 20.2 Å². The van der Waals surface area contributed by atoms with Gasteiger partial charge in [0.05, 0.1) is 23.0 Å². The summed E-state index contributed by atoms with van der Waals surface area (Å²) in [6, 6.07) is 14.5. The molecule has 0 radical (unpaired) electrons. The minimum atomic E-state index is -3.52. The predicted octanol–water partition coefficient (Wildman–Crippen LogP) is 2.29. The van der Waals surface area contributed by atoms with Crippen LogP contribution in [0.15, 0.2) is 53.4 Å². The van der Waals surface area contributed by atoms with Crippen LogP contribution < -0.4 is 4.74 Å². The summed E-state index contributed by atoms with van der Waals surface area (Å²) in [5.74, 6) is 1.58. The lowest BCUT2D eigenvalue weighted by atomic mass is 10.3. The molecule has 0 fully saturated rings. The smallest absolute Gasteiger partial charge is 0.243 e. The molecule has 0 unspecified atom stereocenters. The lowest BCUT2D eigenvalue weighted by molar-refractivity contribution is 0.411. The highest BCUT2D eigenvalue weighted by Crippen LogP contribution is 2.23. The number of benzene rings is 2. The van der Waals surface area contributed by atoms with E-state index in [4.69, 9.17) is 4.74 Å². The molecule has 1 aliphatic heterocycles. The maximum absolute atomic E-state index is 12.9. The molecule has 0 atom stereocenters. The molecule has 7 heteroatoms. The van der Waals surface area contributed by atoms with Crippen molar-refractivity contribution in [2.24, 2.45) is 0 Å². The maximum atomic E-state index is 12.9. The van der Waals surface area contributed by atoms with Crippen LogP contribution in [0.5, 0.6) is 5.75 Å². The molecule has 0 amide bonds. The molecule has 1 aromatic heterocycles. The fraction of sp³-hybridized carbons (Fsp3) is 0.278. The zero-order valence-electron chi connectivity index (χ0n) is 13.9. The van der Waals surface area contributed by atoms with Crippen LogP contribution >= 0.6 is 0 Å². The summed E-state index contributed by atoms with van der Waals surface area (Å²) in [4.78, 5) is 4.94. The molecule has 6 nitrogen and oxygen atoms in total. The van der Waals surface area contributed by atoms with Crippen LogP contribution in [0.1, 0.15) is 5.82 Å². The molecule has 2 aromatic carbocycles. The van der Waals surface area contributed by atoms with Gasteiger partial charge in [-0.3, -0.25) is 0 Å². The fourth-order valence-corrected chi connectivity index (χ4v) is 4.68. The van der Waals surface area contributed by atoms with Gasteiger partial charge in [-0.1, -0.05) is 12.1 Å². The maximum Gasteiger partial charge on any atom is 0.243 e. The number of nitrogens with zero attached hydrogens (tertiary/aromatic N) is 3. The van der Waals surface area contributed by atoms with E-state index in [2.05, 4.69) is 9.55 Å². The summed E-state index contributed by atoms with van der Waals surface area (Å²) in [7, 11) is -1.96. The monoisotopic (exact) mass is 357 g/mol. The Kier molecular flexibility index (Phi) is 3.97. The number of hydrogen-bond acceptors (Lipinski definition) is 4. The van der Waals surface area contributed by atoms with Crippen LogP contribution in [0, 0.1) is 0 Å². The molecule has 1 aliphatic rings. The van der Waals surface area contributed by atoms with E-state index in [0.717, 1.165) is 16.9 Å². The Morgan fingerprint density at radius 1 is 1.00 bits per heavy atom. The summed E-state index contributed by atoms with van der Waals surface area (Å²) in [6.45, 7) is 1.46. The van der Waals surface area contributed by atoms with E-state index in [1.165, 1.54) is 4.31 Å². The molecule has 0 saturated heterocycles. The van der Waals surface area contributed by atoms with Gasteiger partial charge in [0.15, 0.2) is 0 Å². The summed E-state index contributed by atoms with van der Waals surface area (Å²) < 4.78 is 34.6. The van der Waals surface area contributed by atoms with Crippen molar-refractivity contribution in [2.45, 2.75) is 17.9 Å². The van der Waals surface area contributed by atoms with E-state index in [-0.39, 0.29) is 4.90 Å². The van der Waals surface area contributed by atoms with Crippen molar-refractivity contribution >= 4 is 21.1 Å². The Hall–Kier alpha value is -2.38. The number of hydrogen-bond donors (Lipinski definition) is 0.